The maximum atomic E-state index is 11.3. The van der Waals surface area contributed by atoms with Crippen LogP contribution >= 0.6 is 0 Å². The first-order valence-electron chi connectivity index (χ1n) is 8.58. The van der Waals surface area contributed by atoms with Crippen molar-refractivity contribution in [2.45, 2.75) is 64.2 Å². The monoisotopic (exact) mass is 448 g/mol. The van der Waals surface area contributed by atoms with Gasteiger partial charge in [-0.2, -0.15) is 0 Å². The average Bonchev–Trinajstić information content (AvgIpc) is 2.19. The minimum absolute atomic E-state index is 0.196. The summed E-state index contributed by atoms with van der Waals surface area (Å²) in [6.07, 6.45) is 3.76. The molecule has 0 N–H and O–H groups in total. The van der Waals surface area contributed by atoms with Crippen molar-refractivity contribution in [1.29, 1.82) is 0 Å². The SMILES string of the molecule is C[Si](C)(CCCS(C)(=O)=O)O[Si](C)(C)O[Si](C)(C)CCCS(C)(=O)=O. The van der Waals surface area contributed by atoms with Crippen molar-refractivity contribution < 1.29 is 25.1 Å². The Balaban J connectivity index is 4.62. The predicted molar refractivity (Wildman–Crippen MR) is 113 cm³/mol. The molecular formula is C14H36O6S2Si3. The Kier molecular flexibility index (Phi) is 9.28. The van der Waals surface area contributed by atoms with E-state index < -0.39 is 44.9 Å². The van der Waals surface area contributed by atoms with Crippen LogP contribution in [0.15, 0.2) is 0 Å². The van der Waals surface area contributed by atoms with Gasteiger partial charge in [-0.1, -0.05) is 0 Å². The van der Waals surface area contributed by atoms with Crippen molar-refractivity contribution in [2.75, 3.05) is 24.0 Å². The summed E-state index contributed by atoms with van der Waals surface area (Å²) >= 11 is 0. The summed E-state index contributed by atoms with van der Waals surface area (Å²) in [5.74, 6) is 0.392. The second-order valence-electron chi connectivity index (χ2n) is 8.59. The highest BCUT2D eigenvalue weighted by Gasteiger charge is 2.39. The number of rotatable bonds is 12. The summed E-state index contributed by atoms with van der Waals surface area (Å²) in [6.45, 7) is 12.5. The smallest absolute Gasteiger partial charge is 0.311 e. The van der Waals surface area contributed by atoms with E-state index in [0.29, 0.717) is 12.8 Å². The van der Waals surface area contributed by atoms with Crippen molar-refractivity contribution in [2.24, 2.45) is 0 Å². The Morgan fingerprint density at radius 2 is 0.920 bits per heavy atom. The third-order valence-electron chi connectivity index (χ3n) is 3.63. The standard InChI is InChI=1S/C14H36O6S2Si3/c1-21(15,16)11-9-13-23(3,4)19-25(7,8)20-24(5,6)14-10-12-22(2,17)18/h9-14H2,1-8H3. The van der Waals surface area contributed by atoms with Gasteiger partial charge >= 0.3 is 8.56 Å². The van der Waals surface area contributed by atoms with Crippen LogP contribution < -0.4 is 0 Å². The summed E-state index contributed by atoms with van der Waals surface area (Å²) < 4.78 is 57.9. The Morgan fingerprint density at radius 3 is 1.16 bits per heavy atom. The van der Waals surface area contributed by atoms with E-state index >= 15 is 0 Å². The van der Waals surface area contributed by atoms with E-state index in [2.05, 4.69) is 26.2 Å². The molecule has 25 heavy (non-hydrogen) atoms. The molecule has 0 saturated carbocycles. The summed E-state index contributed by atoms with van der Waals surface area (Å²) in [5.41, 5.74) is 0. The van der Waals surface area contributed by atoms with Gasteiger partial charge in [-0.05, 0) is 64.2 Å². The quantitative estimate of drug-likeness (QED) is 0.427. The van der Waals surface area contributed by atoms with Gasteiger partial charge in [0.15, 0.2) is 16.6 Å². The van der Waals surface area contributed by atoms with Crippen LogP contribution in [0.2, 0.25) is 51.4 Å². The molecule has 0 bridgehead atoms. The van der Waals surface area contributed by atoms with Crippen LogP contribution in [-0.2, 0) is 27.9 Å². The van der Waals surface area contributed by atoms with E-state index in [4.69, 9.17) is 8.23 Å². The van der Waals surface area contributed by atoms with Gasteiger partial charge in [0.1, 0.15) is 19.7 Å². The maximum Gasteiger partial charge on any atom is 0.311 e. The lowest BCUT2D eigenvalue weighted by molar-refractivity contribution is 0.387. The maximum absolute atomic E-state index is 11.3. The lowest BCUT2D eigenvalue weighted by atomic mass is 10.6. The zero-order valence-electron chi connectivity index (χ0n) is 17.0. The van der Waals surface area contributed by atoms with E-state index in [1.165, 1.54) is 12.5 Å². The molecule has 0 aromatic rings. The Hall–Kier alpha value is 0.471. The van der Waals surface area contributed by atoms with Gasteiger partial charge in [0.25, 0.3) is 0 Å². The highest BCUT2D eigenvalue weighted by Crippen LogP contribution is 2.26. The summed E-state index contributed by atoms with van der Waals surface area (Å²) in [5, 5.41) is 0. The van der Waals surface area contributed by atoms with Gasteiger partial charge in [-0.3, -0.25) is 0 Å². The molecule has 0 atom stereocenters. The first-order chi connectivity index (χ1) is 10.8. The third-order valence-corrected chi connectivity index (χ3v) is 17.2. The van der Waals surface area contributed by atoms with Gasteiger partial charge in [0.05, 0.1) is 0 Å². The third kappa shape index (κ3) is 15.2. The summed E-state index contributed by atoms with van der Waals surface area (Å²) in [6, 6.07) is 1.58. The van der Waals surface area contributed by atoms with Crippen LogP contribution in [-0.4, -0.2) is 66.0 Å². The minimum Gasteiger partial charge on any atom is -0.437 e. The molecule has 6 nitrogen and oxygen atoms in total. The van der Waals surface area contributed by atoms with E-state index in [-0.39, 0.29) is 11.5 Å². The molecule has 0 aromatic carbocycles. The van der Waals surface area contributed by atoms with Crippen molar-refractivity contribution in [1.82, 2.24) is 0 Å². The molecule has 152 valence electrons. The van der Waals surface area contributed by atoms with Crippen molar-refractivity contribution in [3.8, 4) is 0 Å². The number of sulfone groups is 2. The van der Waals surface area contributed by atoms with E-state index in [9.17, 15) is 16.8 Å². The highest BCUT2D eigenvalue weighted by molar-refractivity contribution is 7.90. The van der Waals surface area contributed by atoms with Crippen LogP contribution in [0.4, 0.5) is 0 Å². The molecule has 0 aliphatic rings. The molecule has 0 aromatic heterocycles. The largest absolute Gasteiger partial charge is 0.437 e. The number of hydrogen-bond donors (Lipinski definition) is 0. The van der Waals surface area contributed by atoms with Crippen molar-refractivity contribution in [3.05, 3.63) is 0 Å². The van der Waals surface area contributed by atoms with Gasteiger partial charge in [0.2, 0.25) is 0 Å². The lowest BCUT2D eigenvalue weighted by Gasteiger charge is -2.38. The molecule has 0 fully saturated rings. The minimum atomic E-state index is -2.94. The molecule has 0 heterocycles. The molecular weight excluding hydrogens is 413 g/mol. The van der Waals surface area contributed by atoms with Gasteiger partial charge in [-0.25, -0.2) is 16.8 Å². The topological polar surface area (TPSA) is 86.7 Å². The molecule has 0 aliphatic heterocycles. The fourth-order valence-corrected chi connectivity index (χ4v) is 18.9. The van der Waals surface area contributed by atoms with Gasteiger partial charge < -0.3 is 8.23 Å². The fourth-order valence-electron chi connectivity index (χ4n) is 2.97. The van der Waals surface area contributed by atoms with Gasteiger partial charge in [-0.15, -0.1) is 0 Å². The first-order valence-corrected chi connectivity index (χ1v) is 21.8. The molecule has 0 radical (unpaired) electrons. The van der Waals surface area contributed by atoms with Crippen molar-refractivity contribution in [3.63, 3.8) is 0 Å². The fraction of sp³-hybridized carbons (Fsp3) is 1.00. The first kappa shape index (κ1) is 25.5. The molecule has 11 heteroatoms. The van der Waals surface area contributed by atoms with Gasteiger partial charge in [0, 0.05) is 24.0 Å². The van der Waals surface area contributed by atoms with E-state index in [1.807, 2.05) is 13.1 Å². The Bertz CT molecular complexity index is 573. The molecule has 0 saturated heterocycles. The normalized spacial score (nSPS) is 14.7. The zero-order chi connectivity index (χ0) is 20.2. The van der Waals surface area contributed by atoms with Crippen LogP contribution in [0.25, 0.3) is 0 Å². The van der Waals surface area contributed by atoms with Crippen LogP contribution in [0.3, 0.4) is 0 Å². The van der Waals surface area contributed by atoms with Crippen molar-refractivity contribution >= 4 is 44.9 Å². The predicted octanol–water partition coefficient (Wildman–Crippen LogP) is 3.00. The number of hydrogen-bond acceptors (Lipinski definition) is 6. The summed E-state index contributed by atoms with van der Waals surface area (Å²) in [4.78, 5) is 0. The average molecular weight is 449 g/mol. The second kappa shape index (κ2) is 9.11. The summed E-state index contributed by atoms with van der Waals surface area (Å²) in [7, 11) is -12.2. The molecule has 0 spiro atoms. The van der Waals surface area contributed by atoms with Crippen LogP contribution in [0.5, 0.6) is 0 Å². The van der Waals surface area contributed by atoms with Crippen LogP contribution in [0, 0.1) is 0 Å². The van der Waals surface area contributed by atoms with E-state index in [1.54, 1.807) is 0 Å². The Morgan fingerprint density at radius 1 is 0.640 bits per heavy atom. The zero-order valence-corrected chi connectivity index (χ0v) is 21.6. The van der Waals surface area contributed by atoms with E-state index in [0.717, 1.165) is 12.1 Å². The molecule has 0 rings (SSSR count). The Labute approximate surface area is 158 Å². The second-order valence-corrected chi connectivity index (χ2v) is 25.6. The lowest BCUT2D eigenvalue weighted by Crippen LogP contribution is -2.52. The molecule has 0 unspecified atom stereocenters. The molecule has 0 aliphatic carbocycles. The molecule has 0 amide bonds. The highest BCUT2D eigenvalue weighted by atomic mass is 32.2. The van der Waals surface area contributed by atoms with Crippen LogP contribution in [0.1, 0.15) is 12.8 Å².